The molecule has 2 aromatic rings. The van der Waals surface area contributed by atoms with Crippen LogP contribution in [0.15, 0.2) is 24.4 Å². The molecule has 0 bridgehead atoms. The number of hydrogen-bond donors (Lipinski definition) is 1. The molecule has 3 rings (SSSR count). The summed E-state index contributed by atoms with van der Waals surface area (Å²) in [6, 6.07) is 6.77. The van der Waals surface area contributed by atoms with E-state index in [1.54, 1.807) is 0 Å². The molecular weight excluding hydrogens is 262 g/mol. The molecule has 21 heavy (non-hydrogen) atoms. The van der Waals surface area contributed by atoms with Crippen molar-refractivity contribution in [3.05, 3.63) is 46.8 Å². The smallest absolute Gasteiger partial charge is 0.126 e. The van der Waals surface area contributed by atoms with E-state index in [2.05, 4.69) is 48.7 Å². The summed E-state index contributed by atoms with van der Waals surface area (Å²) in [4.78, 5) is 0. The van der Waals surface area contributed by atoms with Gasteiger partial charge in [-0.2, -0.15) is 5.10 Å². The average Bonchev–Trinajstić information content (AvgIpc) is 2.66. The highest BCUT2D eigenvalue weighted by molar-refractivity contribution is 5.43. The van der Waals surface area contributed by atoms with Gasteiger partial charge in [0, 0.05) is 37.0 Å². The second kappa shape index (κ2) is 5.90. The molecule has 1 unspecified atom stereocenters. The first-order chi connectivity index (χ1) is 10.1. The van der Waals surface area contributed by atoms with E-state index >= 15 is 0 Å². The minimum absolute atomic E-state index is 0.349. The summed E-state index contributed by atoms with van der Waals surface area (Å²) in [5.74, 6) is 1.07. The molecule has 1 aliphatic rings. The highest BCUT2D eigenvalue weighted by atomic mass is 16.5. The van der Waals surface area contributed by atoms with Crippen molar-refractivity contribution in [3.8, 4) is 5.75 Å². The van der Waals surface area contributed by atoms with Crippen molar-refractivity contribution in [1.82, 2.24) is 15.1 Å². The van der Waals surface area contributed by atoms with Gasteiger partial charge in [0.15, 0.2) is 0 Å². The van der Waals surface area contributed by atoms with E-state index in [-0.39, 0.29) is 0 Å². The minimum Gasteiger partial charge on any atom is -0.493 e. The van der Waals surface area contributed by atoms with Gasteiger partial charge in [-0.25, -0.2) is 0 Å². The monoisotopic (exact) mass is 285 g/mol. The van der Waals surface area contributed by atoms with Crippen molar-refractivity contribution in [3.63, 3.8) is 0 Å². The van der Waals surface area contributed by atoms with Crippen LogP contribution in [0.2, 0.25) is 0 Å². The molecule has 4 heteroatoms. The Morgan fingerprint density at radius 2 is 2.24 bits per heavy atom. The van der Waals surface area contributed by atoms with Crippen molar-refractivity contribution < 1.29 is 4.74 Å². The number of fused-ring (bicyclic) bond motifs is 1. The molecule has 0 spiro atoms. The van der Waals surface area contributed by atoms with Gasteiger partial charge in [0.05, 0.1) is 12.3 Å². The molecule has 0 fully saturated rings. The summed E-state index contributed by atoms with van der Waals surface area (Å²) in [6.45, 7) is 5.83. The number of hydrogen-bond acceptors (Lipinski definition) is 3. The summed E-state index contributed by atoms with van der Waals surface area (Å²) in [6.07, 6.45) is 4.28. The Labute approximate surface area is 126 Å². The van der Waals surface area contributed by atoms with Crippen LogP contribution in [0.1, 0.15) is 41.3 Å². The predicted molar refractivity (Wildman–Crippen MR) is 83.4 cm³/mol. The number of rotatable bonds is 3. The van der Waals surface area contributed by atoms with Gasteiger partial charge in [-0.05, 0) is 32.3 Å². The van der Waals surface area contributed by atoms with E-state index in [0.29, 0.717) is 6.04 Å². The van der Waals surface area contributed by atoms with Crippen LogP contribution in [0.25, 0.3) is 0 Å². The first-order valence-corrected chi connectivity index (χ1v) is 7.60. The molecule has 0 saturated heterocycles. The number of ether oxygens (including phenoxy) is 1. The van der Waals surface area contributed by atoms with E-state index in [1.807, 2.05) is 11.7 Å². The van der Waals surface area contributed by atoms with Gasteiger partial charge in [-0.3, -0.25) is 4.68 Å². The van der Waals surface area contributed by atoms with Crippen LogP contribution in [0.3, 0.4) is 0 Å². The lowest BCUT2D eigenvalue weighted by Gasteiger charge is -2.19. The maximum Gasteiger partial charge on any atom is 0.126 e. The van der Waals surface area contributed by atoms with Crippen molar-refractivity contribution >= 4 is 0 Å². The van der Waals surface area contributed by atoms with Gasteiger partial charge in [0.2, 0.25) is 0 Å². The average molecular weight is 285 g/mol. The maximum absolute atomic E-state index is 5.93. The maximum atomic E-state index is 5.93. The molecule has 2 heterocycles. The first kappa shape index (κ1) is 14.1. The molecule has 1 aliphatic heterocycles. The second-order valence-corrected chi connectivity index (χ2v) is 5.83. The number of nitrogens with one attached hydrogen (secondary N) is 1. The molecule has 1 aromatic heterocycles. The fourth-order valence-corrected chi connectivity index (χ4v) is 3.03. The van der Waals surface area contributed by atoms with Crippen LogP contribution in [-0.4, -0.2) is 16.4 Å². The molecule has 112 valence electrons. The zero-order chi connectivity index (χ0) is 14.8. The first-order valence-electron chi connectivity index (χ1n) is 7.60. The van der Waals surface area contributed by atoms with Crippen LogP contribution < -0.4 is 10.1 Å². The topological polar surface area (TPSA) is 39.1 Å². The third kappa shape index (κ3) is 2.95. The predicted octanol–water partition coefficient (Wildman–Crippen LogP) is 3.04. The highest BCUT2D eigenvalue weighted by Gasteiger charge is 2.20. The molecule has 1 aromatic carbocycles. The van der Waals surface area contributed by atoms with Crippen LogP contribution in [0.4, 0.5) is 0 Å². The van der Waals surface area contributed by atoms with Gasteiger partial charge in [-0.15, -0.1) is 0 Å². The summed E-state index contributed by atoms with van der Waals surface area (Å²) in [5, 5.41) is 8.09. The number of aryl methyl sites for hydroxylation is 3. The molecule has 0 radical (unpaired) electrons. The number of para-hydroxylation sites is 1. The van der Waals surface area contributed by atoms with Crippen LogP contribution >= 0.6 is 0 Å². The molecule has 4 nitrogen and oxygen atoms in total. The summed E-state index contributed by atoms with van der Waals surface area (Å²) in [7, 11) is 1.97. The summed E-state index contributed by atoms with van der Waals surface area (Å²) >= 11 is 0. The van der Waals surface area contributed by atoms with E-state index in [9.17, 15) is 0 Å². The fraction of sp³-hybridized carbons (Fsp3) is 0.471. The van der Waals surface area contributed by atoms with E-state index < -0.39 is 0 Å². The van der Waals surface area contributed by atoms with Gasteiger partial charge in [0.25, 0.3) is 0 Å². The van der Waals surface area contributed by atoms with Gasteiger partial charge in [0.1, 0.15) is 5.75 Å². The zero-order valence-electron chi connectivity index (χ0n) is 13.0. The van der Waals surface area contributed by atoms with Gasteiger partial charge < -0.3 is 10.1 Å². The van der Waals surface area contributed by atoms with Crippen LogP contribution in [-0.2, 0) is 13.6 Å². The van der Waals surface area contributed by atoms with Crippen LogP contribution in [0.5, 0.6) is 5.75 Å². The molecule has 0 aliphatic carbocycles. The lowest BCUT2D eigenvalue weighted by Crippen LogP contribution is -2.21. The van der Waals surface area contributed by atoms with E-state index in [0.717, 1.165) is 37.4 Å². The molecule has 1 atom stereocenters. The Morgan fingerprint density at radius 1 is 1.38 bits per heavy atom. The SMILES string of the molecule is Cc1cccc2c1OCCCC2NCc1cn(C)nc1C. The highest BCUT2D eigenvalue weighted by Crippen LogP contribution is 2.34. The molecule has 0 amide bonds. The molecule has 1 N–H and O–H groups in total. The van der Waals surface area contributed by atoms with Crippen molar-refractivity contribution in [2.45, 2.75) is 39.3 Å². The summed E-state index contributed by atoms with van der Waals surface area (Å²) < 4.78 is 7.81. The minimum atomic E-state index is 0.349. The molecule has 0 saturated carbocycles. The second-order valence-electron chi connectivity index (χ2n) is 5.83. The lowest BCUT2D eigenvalue weighted by atomic mass is 9.99. The normalized spacial score (nSPS) is 18.0. The third-order valence-electron chi connectivity index (χ3n) is 4.16. The van der Waals surface area contributed by atoms with E-state index in [4.69, 9.17) is 4.74 Å². The number of nitrogens with zero attached hydrogens (tertiary/aromatic N) is 2. The van der Waals surface area contributed by atoms with Crippen molar-refractivity contribution in [2.75, 3.05) is 6.61 Å². The van der Waals surface area contributed by atoms with Gasteiger partial charge in [-0.1, -0.05) is 18.2 Å². The zero-order valence-corrected chi connectivity index (χ0v) is 13.0. The Morgan fingerprint density at radius 3 is 3.00 bits per heavy atom. The quantitative estimate of drug-likeness (QED) is 0.942. The van der Waals surface area contributed by atoms with Crippen LogP contribution in [0, 0.1) is 13.8 Å². The Balaban J connectivity index is 1.80. The van der Waals surface area contributed by atoms with Crippen molar-refractivity contribution in [2.24, 2.45) is 7.05 Å². The largest absolute Gasteiger partial charge is 0.493 e. The Kier molecular flexibility index (Phi) is 3.97. The fourth-order valence-electron chi connectivity index (χ4n) is 3.03. The third-order valence-corrected chi connectivity index (χ3v) is 4.16. The Hall–Kier alpha value is -1.81. The van der Waals surface area contributed by atoms with Crippen molar-refractivity contribution in [1.29, 1.82) is 0 Å². The van der Waals surface area contributed by atoms with Gasteiger partial charge >= 0.3 is 0 Å². The lowest BCUT2D eigenvalue weighted by molar-refractivity contribution is 0.313. The van der Waals surface area contributed by atoms with E-state index in [1.165, 1.54) is 16.7 Å². The molecular formula is C17H23N3O. The Bertz CT molecular complexity index is 633. The standard InChI is InChI=1S/C17H23N3O/c1-12-6-4-7-15-16(8-5-9-21-17(12)15)18-10-14-11-20(3)19-13(14)2/h4,6-7,11,16,18H,5,8-10H2,1-3H3. The number of benzene rings is 1. The summed E-state index contributed by atoms with van der Waals surface area (Å²) in [5.41, 5.74) is 4.86. The number of aromatic nitrogens is 2.